The largest absolute Gasteiger partial charge is 0.494 e. The summed E-state index contributed by atoms with van der Waals surface area (Å²) in [6.45, 7) is 1.73. The fourth-order valence-corrected chi connectivity index (χ4v) is 3.86. The van der Waals surface area contributed by atoms with Crippen molar-refractivity contribution < 1.29 is 4.74 Å². The van der Waals surface area contributed by atoms with Crippen LogP contribution in [0.2, 0.25) is 0 Å². The fourth-order valence-electron chi connectivity index (χ4n) is 3.86. The second-order valence-corrected chi connectivity index (χ2v) is 8.07. The SMILES string of the molecule is CN(C)CCCOc1ccc(-c2cnc3c(-c4ccnc5ccccc45)cnn3c2)cc1. The molecular formula is C26H25N5O. The molecule has 0 aliphatic carbocycles. The molecule has 32 heavy (non-hydrogen) atoms. The molecule has 0 unspecified atom stereocenters. The summed E-state index contributed by atoms with van der Waals surface area (Å²) in [5.41, 5.74) is 5.95. The molecular weight excluding hydrogens is 398 g/mol. The minimum atomic E-state index is 0.713. The average molecular weight is 424 g/mol. The van der Waals surface area contributed by atoms with Crippen LogP contribution in [0.25, 0.3) is 38.8 Å². The molecule has 0 amide bonds. The van der Waals surface area contributed by atoms with Gasteiger partial charge in [-0.3, -0.25) is 4.98 Å². The van der Waals surface area contributed by atoms with Gasteiger partial charge in [-0.1, -0.05) is 30.3 Å². The molecule has 5 rings (SSSR count). The number of aromatic nitrogens is 4. The van der Waals surface area contributed by atoms with Crippen molar-refractivity contribution in [1.29, 1.82) is 0 Å². The highest BCUT2D eigenvalue weighted by molar-refractivity contribution is 5.97. The molecule has 160 valence electrons. The van der Waals surface area contributed by atoms with Crippen molar-refractivity contribution in [2.75, 3.05) is 27.2 Å². The quantitative estimate of drug-likeness (QED) is 0.347. The van der Waals surface area contributed by atoms with Gasteiger partial charge in [0.15, 0.2) is 5.65 Å². The van der Waals surface area contributed by atoms with Crippen LogP contribution in [0, 0.1) is 0 Å². The van der Waals surface area contributed by atoms with Gasteiger partial charge in [-0.2, -0.15) is 5.10 Å². The van der Waals surface area contributed by atoms with Crippen molar-refractivity contribution >= 4 is 16.6 Å². The third-order valence-electron chi connectivity index (χ3n) is 5.50. The molecule has 0 fully saturated rings. The highest BCUT2D eigenvalue weighted by Gasteiger charge is 2.12. The summed E-state index contributed by atoms with van der Waals surface area (Å²) >= 11 is 0. The second-order valence-electron chi connectivity index (χ2n) is 8.07. The normalized spacial score (nSPS) is 11.5. The Balaban J connectivity index is 1.39. The standard InChI is InChI=1S/C26H25N5O/c1-30(2)14-5-15-32-21-10-8-19(9-11-21)20-16-28-26-24(17-29-31(26)18-20)22-12-13-27-25-7-4-3-6-23(22)25/h3-4,6-13,16-18H,5,14-15H2,1-2H3. The first kappa shape index (κ1) is 20.2. The van der Waals surface area contributed by atoms with E-state index < -0.39 is 0 Å². The van der Waals surface area contributed by atoms with Crippen LogP contribution in [-0.2, 0) is 0 Å². The summed E-state index contributed by atoms with van der Waals surface area (Å²) in [6.07, 6.45) is 8.63. The molecule has 0 spiro atoms. The Morgan fingerprint density at radius 3 is 2.56 bits per heavy atom. The van der Waals surface area contributed by atoms with Gasteiger partial charge in [0.25, 0.3) is 0 Å². The van der Waals surface area contributed by atoms with Crippen LogP contribution in [0.15, 0.2) is 79.4 Å². The number of ether oxygens (including phenoxy) is 1. The van der Waals surface area contributed by atoms with Crippen LogP contribution in [0.1, 0.15) is 6.42 Å². The van der Waals surface area contributed by atoms with Crippen molar-refractivity contribution in [3.05, 3.63) is 79.4 Å². The van der Waals surface area contributed by atoms with Crippen LogP contribution in [-0.4, -0.2) is 51.7 Å². The summed E-state index contributed by atoms with van der Waals surface area (Å²) in [6, 6.07) is 18.3. The first-order chi connectivity index (χ1) is 15.7. The number of para-hydroxylation sites is 1. The monoisotopic (exact) mass is 423 g/mol. The lowest BCUT2D eigenvalue weighted by Gasteiger charge is -2.10. The number of fused-ring (bicyclic) bond motifs is 2. The zero-order chi connectivity index (χ0) is 21.9. The lowest BCUT2D eigenvalue weighted by atomic mass is 10.0. The van der Waals surface area contributed by atoms with Gasteiger partial charge in [-0.15, -0.1) is 0 Å². The van der Waals surface area contributed by atoms with Gasteiger partial charge >= 0.3 is 0 Å². The van der Waals surface area contributed by atoms with E-state index in [-0.39, 0.29) is 0 Å². The first-order valence-electron chi connectivity index (χ1n) is 10.7. The summed E-state index contributed by atoms with van der Waals surface area (Å²) in [4.78, 5) is 11.4. The molecule has 0 radical (unpaired) electrons. The smallest absolute Gasteiger partial charge is 0.162 e. The van der Waals surface area contributed by atoms with Crippen molar-refractivity contribution in [2.45, 2.75) is 6.42 Å². The third kappa shape index (κ3) is 4.05. The molecule has 6 heteroatoms. The minimum Gasteiger partial charge on any atom is -0.494 e. The third-order valence-corrected chi connectivity index (χ3v) is 5.50. The second kappa shape index (κ2) is 8.77. The van der Waals surface area contributed by atoms with E-state index in [1.54, 1.807) is 0 Å². The fraction of sp³-hybridized carbons (Fsp3) is 0.192. The first-order valence-corrected chi connectivity index (χ1v) is 10.7. The molecule has 0 saturated heterocycles. The molecule has 3 aromatic heterocycles. The summed E-state index contributed by atoms with van der Waals surface area (Å²) < 4.78 is 7.68. The molecule has 0 N–H and O–H groups in total. The van der Waals surface area contributed by atoms with E-state index in [0.717, 1.165) is 57.5 Å². The van der Waals surface area contributed by atoms with E-state index in [2.05, 4.69) is 47.3 Å². The molecule has 0 atom stereocenters. The predicted molar refractivity (Wildman–Crippen MR) is 128 cm³/mol. The minimum absolute atomic E-state index is 0.713. The maximum absolute atomic E-state index is 5.84. The lowest BCUT2D eigenvalue weighted by molar-refractivity contribution is 0.281. The summed E-state index contributed by atoms with van der Waals surface area (Å²) in [5, 5.41) is 5.67. The van der Waals surface area contributed by atoms with Gasteiger partial charge in [0.05, 0.1) is 18.3 Å². The van der Waals surface area contributed by atoms with Crippen LogP contribution in [0.3, 0.4) is 0 Å². The van der Waals surface area contributed by atoms with Crippen molar-refractivity contribution in [3.8, 4) is 28.0 Å². The van der Waals surface area contributed by atoms with Crippen LogP contribution >= 0.6 is 0 Å². The maximum atomic E-state index is 5.84. The molecule has 0 aliphatic rings. The van der Waals surface area contributed by atoms with E-state index in [0.29, 0.717) is 6.61 Å². The predicted octanol–water partition coefficient (Wildman–Crippen LogP) is 4.94. The Morgan fingerprint density at radius 2 is 1.72 bits per heavy atom. The van der Waals surface area contributed by atoms with E-state index >= 15 is 0 Å². The van der Waals surface area contributed by atoms with Crippen LogP contribution < -0.4 is 4.74 Å². The van der Waals surface area contributed by atoms with Gasteiger partial charge in [-0.05, 0) is 55.9 Å². The van der Waals surface area contributed by atoms with Gasteiger partial charge in [0, 0.05) is 41.6 Å². The highest BCUT2D eigenvalue weighted by Crippen LogP contribution is 2.30. The molecule has 6 nitrogen and oxygen atoms in total. The van der Waals surface area contributed by atoms with Gasteiger partial charge < -0.3 is 9.64 Å². The molecule has 2 aromatic carbocycles. The van der Waals surface area contributed by atoms with Gasteiger partial charge in [0.2, 0.25) is 0 Å². The topological polar surface area (TPSA) is 55.5 Å². The zero-order valence-electron chi connectivity index (χ0n) is 18.3. The molecule has 0 saturated carbocycles. The number of rotatable bonds is 7. The van der Waals surface area contributed by atoms with Gasteiger partial charge in [0.1, 0.15) is 5.75 Å². The average Bonchev–Trinajstić information content (AvgIpc) is 3.25. The van der Waals surface area contributed by atoms with Crippen molar-refractivity contribution in [3.63, 3.8) is 0 Å². The number of nitrogens with zero attached hydrogens (tertiary/aromatic N) is 5. The molecule has 3 heterocycles. The number of hydrogen-bond donors (Lipinski definition) is 0. The Bertz CT molecular complexity index is 1350. The Labute approximate surface area is 187 Å². The Kier molecular flexibility index (Phi) is 5.52. The summed E-state index contributed by atoms with van der Waals surface area (Å²) in [7, 11) is 4.14. The highest BCUT2D eigenvalue weighted by atomic mass is 16.5. The van der Waals surface area contributed by atoms with E-state index in [1.807, 2.05) is 65.7 Å². The maximum Gasteiger partial charge on any atom is 0.162 e. The Morgan fingerprint density at radius 1 is 0.875 bits per heavy atom. The molecule has 5 aromatic rings. The summed E-state index contributed by atoms with van der Waals surface area (Å²) in [5.74, 6) is 0.882. The van der Waals surface area contributed by atoms with Crippen molar-refractivity contribution in [2.24, 2.45) is 0 Å². The Hall–Kier alpha value is -3.77. The van der Waals surface area contributed by atoms with Gasteiger partial charge in [-0.25, -0.2) is 9.50 Å². The number of hydrogen-bond acceptors (Lipinski definition) is 5. The van der Waals surface area contributed by atoms with Crippen molar-refractivity contribution in [1.82, 2.24) is 24.5 Å². The molecule has 0 bridgehead atoms. The van der Waals surface area contributed by atoms with E-state index in [4.69, 9.17) is 9.72 Å². The van der Waals surface area contributed by atoms with Crippen LogP contribution in [0.4, 0.5) is 0 Å². The lowest BCUT2D eigenvalue weighted by Crippen LogP contribution is -2.15. The zero-order valence-corrected chi connectivity index (χ0v) is 18.3. The van der Waals surface area contributed by atoms with E-state index in [9.17, 15) is 0 Å². The number of benzene rings is 2. The number of pyridine rings is 1. The van der Waals surface area contributed by atoms with E-state index in [1.165, 1.54) is 0 Å². The van der Waals surface area contributed by atoms with Crippen LogP contribution in [0.5, 0.6) is 5.75 Å². The molecule has 0 aliphatic heterocycles.